The quantitative estimate of drug-likeness (QED) is 0.451. The Morgan fingerprint density at radius 3 is 2.56 bits per heavy atom. The molecule has 0 radical (unpaired) electrons. The molecule has 1 aliphatic rings. The molecule has 4 rings (SSSR count). The van der Waals surface area contributed by atoms with Crippen LogP contribution in [-0.4, -0.2) is 43.5 Å². The summed E-state index contributed by atoms with van der Waals surface area (Å²) in [6, 6.07) is 9.16. The highest BCUT2D eigenvalue weighted by Crippen LogP contribution is 2.34. The second kappa shape index (κ2) is 10.4. The first-order valence-corrected chi connectivity index (χ1v) is 12.1. The van der Waals surface area contributed by atoms with Crippen molar-refractivity contribution in [3.63, 3.8) is 0 Å². The third-order valence-corrected chi connectivity index (χ3v) is 6.36. The van der Waals surface area contributed by atoms with Crippen molar-refractivity contribution in [2.24, 2.45) is 0 Å². The van der Waals surface area contributed by atoms with Gasteiger partial charge in [-0.1, -0.05) is 44.5 Å². The van der Waals surface area contributed by atoms with Crippen molar-refractivity contribution < 1.29 is 5.11 Å². The van der Waals surface area contributed by atoms with Crippen LogP contribution in [0.2, 0.25) is 0 Å². The lowest BCUT2D eigenvalue weighted by Gasteiger charge is -2.25. The van der Waals surface area contributed by atoms with Crippen LogP contribution in [-0.2, 0) is 6.54 Å². The molecule has 1 aromatic carbocycles. The number of rotatable bonds is 9. The van der Waals surface area contributed by atoms with Gasteiger partial charge in [0.2, 0.25) is 5.95 Å². The summed E-state index contributed by atoms with van der Waals surface area (Å²) in [5, 5.41) is 22.8. The summed E-state index contributed by atoms with van der Waals surface area (Å²) >= 11 is 0. The van der Waals surface area contributed by atoms with Crippen molar-refractivity contribution in [3.05, 3.63) is 36.0 Å². The van der Waals surface area contributed by atoms with Crippen LogP contribution in [0.3, 0.4) is 0 Å². The molecule has 2 aromatic heterocycles. The van der Waals surface area contributed by atoms with Gasteiger partial charge >= 0.3 is 0 Å². The molecule has 2 heterocycles. The molecular formula is C25H36N6O. The predicted octanol–water partition coefficient (Wildman–Crippen LogP) is 4.68. The fourth-order valence-electron chi connectivity index (χ4n) is 4.54. The van der Waals surface area contributed by atoms with Crippen LogP contribution in [0.5, 0.6) is 0 Å². The Kier molecular flexibility index (Phi) is 7.37. The van der Waals surface area contributed by atoms with Crippen LogP contribution in [0, 0.1) is 0 Å². The van der Waals surface area contributed by atoms with Crippen LogP contribution < -0.4 is 10.6 Å². The minimum absolute atomic E-state index is 0.196. The maximum atomic E-state index is 9.98. The number of benzene rings is 1. The summed E-state index contributed by atoms with van der Waals surface area (Å²) in [7, 11) is 0. The monoisotopic (exact) mass is 436 g/mol. The van der Waals surface area contributed by atoms with Gasteiger partial charge in [-0.15, -0.1) is 0 Å². The molecule has 1 aliphatic carbocycles. The molecule has 0 unspecified atom stereocenters. The molecule has 1 fully saturated rings. The van der Waals surface area contributed by atoms with Crippen LogP contribution in [0.25, 0.3) is 22.3 Å². The highest BCUT2D eigenvalue weighted by molar-refractivity contribution is 5.91. The van der Waals surface area contributed by atoms with E-state index in [1.54, 1.807) is 0 Å². The van der Waals surface area contributed by atoms with Gasteiger partial charge < -0.3 is 15.7 Å². The fourth-order valence-corrected chi connectivity index (χ4v) is 4.54. The van der Waals surface area contributed by atoms with E-state index < -0.39 is 0 Å². The third-order valence-electron chi connectivity index (χ3n) is 6.36. The highest BCUT2D eigenvalue weighted by atomic mass is 16.3. The molecule has 0 bridgehead atoms. The lowest BCUT2D eigenvalue weighted by Crippen LogP contribution is -2.22. The predicted molar refractivity (Wildman–Crippen MR) is 130 cm³/mol. The summed E-state index contributed by atoms with van der Waals surface area (Å²) in [6.45, 7) is 8.29. The maximum Gasteiger partial charge on any atom is 0.224 e. The van der Waals surface area contributed by atoms with Gasteiger partial charge in [-0.2, -0.15) is 10.1 Å². The largest absolute Gasteiger partial charge is 0.393 e. The molecule has 0 aliphatic heterocycles. The van der Waals surface area contributed by atoms with Crippen LogP contribution in [0.4, 0.5) is 5.95 Å². The molecule has 32 heavy (non-hydrogen) atoms. The van der Waals surface area contributed by atoms with Gasteiger partial charge in [0.1, 0.15) is 5.69 Å². The second-order valence-electron chi connectivity index (χ2n) is 9.00. The number of nitrogens with zero attached hydrogens (tertiary/aromatic N) is 4. The van der Waals surface area contributed by atoms with Crippen molar-refractivity contribution in [1.29, 1.82) is 0 Å². The topological polar surface area (TPSA) is 87.9 Å². The van der Waals surface area contributed by atoms with Gasteiger partial charge in [0.05, 0.1) is 17.5 Å². The zero-order valence-electron chi connectivity index (χ0n) is 19.5. The van der Waals surface area contributed by atoms with Crippen molar-refractivity contribution >= 4 is 17.0 Å². The summed E-state index contributed by atoms with van der Waals surface area (Å²) < 4.78 is 2.08. The molecule has 0 amide bonds. The van der Waals surface area contributed by atoms with E-state index in [1.807, 2.05) is 6.20 Å². The number of hydrogen-bond acceptors (Lipinski definition) is 6. The lowest BCUT2D eigenvalue weighted by atomic mass is 9.93. The molecule has 0 spiro atoms. The molecule has 7 heteroatoms. The second-order valence-corrected chi connectivity index (χ2v) is 9.00. The van der Waals surface area contributed by atoms with E-state index >= 15 is 0 Å². The van der Waals surface area contributed by atoms with E-state index in [0.717, 1.165) is 73.9 Å². The number of nitrogens with one attached hydrogen (secondary N) is 2. The van der Waals surface area contributed by atoms with Gasteiger partial charge in [-0.05, 0) is 51.1 Å². The molecule has 172 valence electrons. The number of aromatic nitrogens is 4. The standard InChI is InChI=1S/C25H36N6O/c1-4-6-17(3)28-25-27-16-22-23(19-9-7-18(8-10-19)15-26-5-2)30-31(24(22)29-25)20-11-13-21(32)14-12-20/h7-10,16-17,20-21,26,32H,4-6,11-15H2,1-3H3,(H,27,28,29)/t17-,20-,21-/m0/s1. The van der Waals surface area contributed by atoms with E-state index in [9.17, 15) is 5.11 Å². The number of anilines is 1. The first-order chi connectivity index (χ1) is 15.6. The summed E-state index contributed by atoms with van der Waals surface area (Å²) in [6.07, 6.45) is 7.35. The lowest BCUT2D eigenvalue weighted by molar-refractivity contribution is 0.109. The van der Waals surface area contributed by atoms with Crippen LogP contribution >= 0.6 is 0 Å². The van der Waals surface area contributed by atoms with E-state index in [0.29, 0.717) is 12.0 Å². The van der Waals surface area contributed by atoms with Crippen molar-refractivity contribution in [2.45, 2.75) is 84.0 Å². The first kappa shape index (κ1) is 22.7. The number of aliphatic hydroxyl groups is 1. The van der Waals surface area contributed by atoms with Crippen LogP contribution in [0.15, 0.2) is 30.5 Å². The van der Waals surface area contributed by atoms with Gasteiger partial charge in [-0.3, -0.25) is 0 Å². The summed E-state index contributed by atoms with van der Waals surface area (Å²) in [4.78, 5) is 9.52. The average Bonchev–Trinajstić information content (AvgIpc) is 3.17. The Hall–Kier alpha value is -2.51. The van der Waals surface area contributed by atoms with Crippen molar-refractivity contribution in [1.82, 2.24) is 25.1 Å². The normalized spacial score (nSPS) is 19.9. The van der Waals surface area contributed by atoms with Gasteiger partial charge in [0, 0.05) is 24.3 Å². The zero-order valence-corrected chi connectivity index (χ0v) is 19.5. The Bertz CT molecular complexity index is 1010. The molecule has 0 saturated heterocycles. The summed E-state index contributed by atoms with van der Waals surface area (Å²) in [5.41, 5.74) is 4.13. The van der Waals surface area contributed by atoms with E-state index in [2.05, 4.69) is 65.3 Å². The summed E-state index contributed by atoms with van der Waals surface area (Å²) in [5.74, 6) is 0.656. The van der Waals surface area contributed by atoms with Gasteiger partial charge in [0.15, 0.2) is 5.65 Å². The Balaban J connectivity index is 1.70. The van der Waals surface area contributed by atoms with Crippen LogP contribution in [0.1, 0.15) is 70.9 Å². The number of hydrogen-bond donors (Lipinski definition) is 3. The minimum atomic E-state index is -0.196. The smallest absolute Gasteiger partial charge is 0.224 e. The first-order valence-electron chi connectivity index (χ1n) is 12.1. The molecular weight excluding hydrogens is 400 g/mol. The minimum Gasteiger partial charge on any atom is -0.393 e. The maximum absolute atomic E-state index is 9.98. The molecule has 1 atom stereocenters. The SMILES string of the molecule is CCC[C@H](C)Nc1ncc2c(-c3ccc(CNCC)cc3)nn([C@H]3CC[C@H](O)CC3)c2n1. The third kappa shape index (κ3) is 5.10. The van der Waals surface area contributed by atoms with Gasteiger partial charge in [0.25, 0.3) is 0 Å². The number of fused-ring (bicyclic) bond motifs is 1. The highest BCUT2D eigenvalue weighted by Gasteiger charge is 2.25. The Labute approximate surface area is 190 Å². The van der Waals surface area contributed by atoms with Crippen molar-refractivity contribution in [3.8, 4) is 11.3 Å². The van der Waals surface area contributed by atoms with Crippen molar-refractivity contribution in [2.75, 3.05) is 11.9 Å². The van der Waals surface area contributed by atoms with Gasteiger partial charge in [-0.25, -0.2) is 9.67 Å². The van der Waals surface area contributed by atoms with E-state index in [1.165, 1.54) is 5.56 Å². The molecule has 3 aromatic rings. The molecule has 1 saturated carbocycles. The van der Waals surface area contributed by atoms with E-state index in [4.69, 9.17) is 10.1 Å². The Morgan fingerprint density at radius 2 is 1.88 bits per heavy atom. The number of aliphatic hydroxyl groups excluding tert-OH is 1. The van der Waals surface area contributed by atoms with E-state index in [-0.39, 0.29) is 12.1 Å². The fraction of sp³-hybridized carbons (Fsp3) is 0.560. The average molecular weight is 437 g/mol. The Morgan fingerprint density at radius 1 is 1.12 bits per heavy atom. The molecule has 3 N–H and O–H groups in total. The molecule has 7 nitrogen and oxygen atoms in total. The zero-order chi connectivity index (χ0) is 22.5.